The molecule has 0 aliphatic carbocycles. The average molecular weight is 176 g/mol. The molecule has 0 aromatic heterocycles. The summed E-state index contributed by atoms with van der Waals surface area (Å²) in [5.41, 5.74) is 0. The Hall–Kier alpha value is 0.270. The summed E-state index contributed by atoms with van der Waals surface area (Å²) in [6.07, 6.45) is 2.14. The van der Waals surface area contributed by atoms with E-state index in [2.05, 4.69) is 37.5 Å². The zero-order chi connectivity index (χ0) is 8.69. The fourth-order valence-electron chi connectivity index (χ4n) is 0.843. The minimum absolute atomic E-state index is 0.643. The number of rotatable bonds is 6. The first-order valence-corrected chi connectivity index (χ1v) is 5.43. The summed E-state index contributed by atoms with van der Waals surface area (Å²) >= 11 is 1.89. The van der Waals surface area contributed by atoms with Gasteiger partial charge in [-0.15, -0.1) is 0 Å². The largest absolute Gasteiger partial charge is 0.312 e. The molecule has 0 aromatic rings. The maximum absolute atomic E-state index is 3.45. The molecule has 0 rings (SSSR count). The fourth-order valence-corrected chi connectivity index (χ4v) is 1.46. The van der Waals surface area contributed by atoms with Gasteiger partial charge in [0.2, 0.25) is 0 Å². The van der Waals surface area contributed by atoms with Crippen LogP contribution in [0.2, 0.25) is 0 Å². The summed E-state index contributed by atoms with van der Waals surface area (Å²) in [5.74, 6) is 1.20. The molecule has 11 heavy (non-hydrogen) atoms. The van der Waals surface area contributed by atoms with Crippen molar-refractivity contribution in [1.29, 1.82) is 0 Å². The summed E-state index contributed by atoms with van der Waals surface area (Å²) in [5, 5.41) is 3.45. The zero-order valence-electron chi connectivity index (χ0n) is 8.05. The Morgan fingerprint density at radius 1 is 1.45 bits per heavy atom. The predicted molar refractivity (Wildman–Crippen MR) is 54.4 cm³/mol. The van der Waals surface area contributed by atoms with Gasteiger partial charge in [0.1, 0.15) is 0 Å². The maximum atomic E-state index is 3.45. The highest BCUT2D eigenvalue weighted by atomic mass is 32.2. The van der Waals surface area contributed by atoms with Crippen LogP contribution < -0.4 is 5.32 Å². The van der Waals surface area contributed by atoms with Crippen molar-refractivity contribution in [2.45, 2.75) is 13.0 Å². The Kier molecular flexibility index (Phi) is 7.12. The third kappa shape index (κ3) is 8.17. The Morgan fingerprint density at radius 3 is 2.55 bits per heavy atom. The van der Waals surface area contributed by atoms with Crippen LogP contribution in [-0.2, 0) is 0 Å². The van der Waals surface area contributed by atoms with Crippen LogP contribution in [0, 0.1) is 0 Å². The van der Waals surface area contributed by atoms with Crippen molar-refractivity contribution in [1.82, 2.24) is 10.2 Å². The van der Waals surface area contributed by atoms with E-state index < -0.39 is 0 Å². The van der Waals surface area contributed by atoms with Crippen LogP contribution in [0.3, 0.4) is 0 Å². The summed E-state index contributed by atoms with van der Waals surface area (Å²) in [6, 6.07) is 0.643. The molecule has 0 saturated heterocycles. The van der Waals surface area contributed by atoms with Crippen molar-refractivity contribution in [3.63, 3.8) is 0 Å². The smallest absolute Gasteiger partial charge is 0.0130 e. The maximum Gasteiger partial charge on any atom is 0.0130 e. The van der Waals surface area contributed by atoms with Gasteiger partial charge < -0.3 is 10.2 Å². The normalized spacial score (nSPS) is 13.9. The van der Waals surface area contributed by atoms with Crippen molar-refractivity contribution < 1.29 is 0 Å². The number of likely N-dealkylation sites (N-methyl/N-ethyl adjacent to an activating group) is 1. The number of nitrogens with one attached hydrogen (secondary N) is 1. The van der Waals surface area contributed by atoms with Crippen molar-refractivity contribution >= 4 is 11.8 Å². The summed E-state index contributed by atoms with van der Waals surface area (Å²) in [7, 11) is 4.20. The number of hydrogen-bond donors (Lipinski definition) is 1. The van der Waals surface area contributed by atoms with Crippen LogP contribution in [0.4, 0.5) is 0 Å². The second kappa shape index (κ2) is 6.95. The van der Waals surface area contributed by atoms with Gasteiger partial charge in [-0.3, -0.25) is 0 Å². The molecule has 0 aliphatic heterocycles. The molecule has 0 amide bonds. The molecule has 0 spiro atoms. The molecule has 0 aromatic carbocycles. The van der Waals surface area contributed by atoms with Gasteiger partial charge in [0.05, 0.1) is 0 Å². The fraction of sp³-hybridized carbons (Fsp3) is 1.00. The SMILES string of the molecule is CSCC(C)NCCN(C)C. The van der Waals surface area contributed by atoms with Gasteiger partial charge in [-0.05, 0) is 27.3 Å². The molecular formula is C8H20N2S. The molecule has 1 N–H and O–H groups in total. The Labute approximate surface area is 74.7 Å². The van der Waals surface area contributed by atoms with Crippen molar-refractivity contribution in [2.24, 2.45) is 0 Å². The quantitative estimate of drug-likeness (QED) is 0.647. The van der Waals surface area contributed by atoms with E-state index in [1.807, 2.05) is 11.8 Å². The second-order valence-electron chi connectivity index (χ2n) is 3.11. The lowest BCUT2D eigenvalue weighted by Crippen LogP contribution is -2.34. The van der Waals surface area contributed by atoms with Crippen molar-refractivity contribution in [3.8, 4) is 0 Å². The number of hydrogen-bond acceptors (Lipinski definition) is 3. The van der Waals surface area contributed by atoms with Gasteiger partial charge >= 0.3 is 0 Å². The minimum atomic E-state index is 0.643. The van der Waals surface area contributed by atoms with Gasteiger partial charge in [0.25, 0.3) is 0 Å². The summed E-state index contributed by atoms with van der Waals surface area (Å²) in [6.45, 7) is 4.44. The molecule has 0 aliphatic rings. The Bertz CT molecular complexity index is 86.2. The van der Waals surface area contributed by atoms with E-state index in [9.17, 15) is 0 Å². The van der Waals surface area contributed by atoms with Crippen molar-refractivity contribution in [2.75, 3.05) is 39.2 Å². The van der Waals surface area contributed by atoms with Gasteiger partial charge in [-0.1, -0.05) is 0 Å². The van der Waals surface area contributed by atoms with Crippen LogP contribution in [0.25, 0.3) is 0 Å². The zero-order valence-corrected chi connectivity index (χ0v) is 8.87. The van der Waals surface area contributed by atoms with E-state index in [1.165, 1.54) is 5.75 Å². The molecule has 2 nitrogen and oxygen atoms in total. The van der Waals surface area contributed by atoms with E-state index in [4.69, 9.17) is 0 Å². The first-order valence-electron chi connectivity index (χ1n) is 4.04. The standard InChI is InChI=1S/C8H20N2S/c1-8(7-11-4)9-5-6-10(2)3/h8-9H,5-7H2,1-4H3. The first kappa shape index (κ1) is 11.3. The number of nitrogens with zero attached hydrogens (tertiary/aromatic N) is 1. The highest BCUT2D eigenvalue weighted by molar-refractivity contribution is 7.98. The highest BCUT2D eigenvalue weighted by Gasteiger charge is 1.98. The molecule has 68 valence electrons. The topological polar surface area (TPSA) is 15.3 Å². The van der Waals surface area contributed by atoms with Crippen molar-refractivity contribution in [3.05, 3.63) is 0 Å². The molecule has 0 heterocycles. The summed E-state index contributed by atoms with van der Waals surface area (Å²) in [4.78, 5) is 2.19. The lowest BCUT2D eigenvalue weighted by molar-refractivity contribution is 0.392. The van der Waals surface area contributed by atoms with Crippen LogP contribution in [0.1, 0.15) is 6.92 Å². The van der Waals surface area contributed by atoms with E-state index in [1.54, 1.807) is 0 Å². The molecule has 1 unspecified atom stereocenters. The van der Waals surface area contributed by atoms with Gasteiger partial charge in [-0.25, -0.2) is 0 Å². The molecule has 0 radical (unpaired) electrons. The van der Waals surface area contributed by atoms with Crippen LogP contribution >= 0.6 is 11.8 Å². The minimum Gasteiger partial charge on any atom is -0.312 e. The van der Waals surface area contributed by atoms with Crippen LogP contribution in [-0.4, -0.2) is 50.1 Å². The van der Waals surface area contributed by atoms with E-state index in [0.717, 1.165) is 13.1 Å². The molecule has 3 heteroatoms. The van der Waals surface area contributed by atoms with E-state index >= 15 is 0 Å². The lowest BCUT2D eigenvalue weighted by Gasteiger charge is -2.14. The van der Waals surface area contributed by atoms with Crippen LogP contribution in [0.5, 0.6) is 0 Å². The first-order chi connectivity index (χ1) is 5.16. The number of thioether (sulfide) groups is 1. The molecule has 0 saturated carbocycles. The predicted octanol–water partition coefficient (Wildman–Crippen LogP) is 0.889. The molecule has 0 fully saturated rings. The Morgan fingerprint density at radius 2 is 2.09 bits per heavy atom. The molecule has 1 atom stereocenters. The average Bonchev–Trinajstić information content (AvgIpc) is 1.87. The third-order valence-corrected chi connectivity index (χ3v) is 2.30. The van der Waals surface area contributed by atoms with Gasteiger partial charge in [0.15, 0.2) is 0 Å². The monoisotopic (exact) mass is 176 g/mol. The van der Waals surface area contributed by atoms with Gasteiger partial charge in [-0.2, -0.15) is 11.8 Å². The lowest BCUT2D eigenvalue weighted by atomic mass is 10.4. The molecule has 0 bridgehead atoms. The summed E-state index contributed by atoms with van der Waals surface area (Å²) < 4.78 is 0. The third-order valence-electron chi connectivity index (χ3n) is 1.47. The molecular weight excluding hydrogens is 156 g/mol. The van der Waals surface area contributed by atoms with E-state index in [-0.39, 0.29) is 0 Å². The highest BCUT2D eigenvalue weighted by Crippen LogP contribution is 1.94. The van der Waals surface area contributed by atoms with E-state index in [0.29, 0.717) is 6.04 Å². The Balaban J connectivity index is 3.10. The second-order valence-corrected chi connectivity index (χ2v) is 4.02. The van der Waals surface area contributed by atoms with Gasteiger partial charge in [0, 0.05) is 24.9 Å². The van der Waals surface area contributed by atoms with Crippen LogP contribution in [0.15, 0.2) is 0 Å².